The first kappa shape index (κ1) is 37.1. The second-order valence-electron chi connectivity index (χ2n) is 11.3. The highest BCUT2D eigenvalue weighted by atomic mass is 35.5. The van der Waals surface area contributed by atoms with E-state index < -0.39 is 89.3 Å². The number of carboxylic acid groups (broad SMARTS) is 1. The van der Waals surface area contributed by atoms with Gasteiger partial charge in [0.15, 0.2) is 24.0 Å². The van der Waals surface area contributed by atoms with Crippen LogP contribution < -0.4 is 26.5 Å². The summed E-state index contributed by atoms with van der Waals surface area (Å²) < 4.78 is 59.8. The molecular formula is C31H30ClF4N5O7. The number of aliphatic carboxylic acids is 1. The predicted molar refractivity (Wildman–Crippen MR) is 163 cm³/mol. The first-order chi connectivity index (χ1) is 22.4. The van der Waals surface area contributed by atoms with E-state index in [1.165, 1.54) is 42.5 Å². The van der Waals surface area contributed by atoms with Gasteiger partial charge in [0.25, 0.3) is 17.7 Å². The summed E-state index contributed by atoms with van der Waals surface area (Å²) in [4.78, 5) is 64.6. The number of nitrogens with two attached hydrogens (primary N) is 1. The van der Waals surface area contributed by atoms with Crippen LogP contribution in [0.5, 0.6) is 5.75 Å². The summed E-state index contributed by atoms with van der Waals surface area (Å²) in [7, 11) is 0. The van der Waals surface area contributed by atoms with Crippen molar-refractivity contribution in [1.82, 2.24) is 21.1 Å². The van der Waals surface area contributed by atoms with Crippen LogP contribution in [0, 0.1) is 28.7 Å². The number of carbonyl (C=O) groups is 5. The first-order valence-corrected chi connectivity index (χ1v) is 14.3. The van der Waals surface area contributed by atoms with E-state index >= 15 is 0 Å². The summed E-state index contributed by atoms with van der Waals surface area (Å²) in [6.45, 7) is 2.31. The standard InChI is InChI=1S/C31H30ClF4N5O7/c1-31(2,3)27(39-28(45)16-9-10-20(37)17(32)11-16)30(47)38-25(15-7-5-4-6-8-15)29(46)40-41(13-22(43)44)21(42)14-48-26-23(35)18(33)12-19(34)24(26)36/h4-12,25,27H,13-14,37H2,1-3H3,(H,38,47)(H,39,45)(H,40,46)(H,43,44)/t25?,27-/m1/s1. The second kappa shape index (κ2) is 15.5. The van der Waals surface area contributed by atoms with Crippen molar-refractivity contribution in [3.05, 3.63) is 94.0 Å². The van der Waals surface area contributed by atoms with E-state index in [1.54, 1.807) is 26.8 Å². The number of hydrogen-bond donors (Lipinski definition) is 5. The van der Waals surface area contributed by atoms with Crippen molar-refractivity contribution in [1.29, 1.82) is 0 Å². The molecule has 0 heterocycles. The highest BCUT2D eigenvalue weighted by molar-refractivity contribution is 6.33. The number of halogens is 5. The quantitative estimate of drug-likeness (QED) is 0.0875. The van der Waals surface area contributed by atoms with Crippen LogP contribution in [0.2, 0.25) is 5.02 Å². The van der Waals surface area contributed by atoms with Gasteiger partial charge in [-0.3, -0.25) is 29.4 Å². The van der Waals surface area contributed by atoms with Crippen molar-refractivity contribution in [3.8, 4) is 5.75 Å². The van der Waals surface area contributed by atoms with E-state index in [9.17, 15) is 46.6 Å². The zero-order valence-corrected chi connectivity index (χ0v) is 26.3. The highest BCUT2D eigenvalue weighted by Gasteiger charge is 2.36. The molecule has 0 aromatic heterocycles. The summed E-state index contributed by atoms with van der Waals surface area (Å²) in [6.07, 6.45) is 0. The van der Waals surface area contributed by atoms with Crippen molar-refractivity contribution in [2.45, 2.75) is 32.9 Å². The molecule has 0 aliphatic carbocycles. The molecule has 4 amide bonds. The van der Waals surface area contributed by atoms with E-state index in [1.807, 2.05) is 5.43 Å². The molecule has 17 heteroatoms. The summed E-state index contributed by atoms with van der Waals surface area (Å²) in [6, 6.07) is 8.62. The molecule has 0 saturated carbocycles. The number of hydrogen-bond acceptors (Lipinski definition) is 7. The van der Waals surface area contributed by atoms with Gasteiger partial charge in [0.2, 0.25) is 17.5 Å². The number of ether oxygens (including phenoxy) is 1. The Labute approximate surface area is 276 Å². The first-order valence-electron chi connectivity index (χ1n) is 13.9. The van der Waals surface area contributed by atoms with E-state index in [0.29, 0.717) is 0 Å². The van der Waals surface area contributed by atoms with Gasteiger partial charge in [-0.15, -0.1) is 0 Å². The van der Waals surface area contributed by atoms with Crippen LogP contribution in [-0.2, 0) is 19.2 Å². The number of carboxylic acids is 1. The van der Waals surface area contributed by atoms with Crippen molar-refractivity contribution >= 4 is 46.9 Å². The normalized spacial score (nSPS) is 12.3. The molecule has 0 spiro atoms. The Morgan fingerprint density at radius 1 is 0.917 bits per heavy atom. The maximum atomic E-state index is 14.0. The minimum absolute atomic E-state index is 0.0828. The lowest BCUT2D eigenvalue weighted by molar-refractivity contribution is -0.151. The van der Waals surface area contributed by atoms with Crippen LogP contribution in [0.1, 0.15) is 42.7 Å². The Hall–Kier alpha value is -5.38. The van der Waals surface area contributed by atoms with Crippen LogP contribution in [0.15, 0.2) is 54.6 Å². The second-order valence-corrected chi connectivity index (χ2v) is 11.7. The van der Waals surface area contributed by atoms with Crippen LogP contribution in [0.4, 0.5) is 23.2 Å². The highest BCUT2D eigenvalue weighted by Crippen LogP contribution is 2.27. The van der Waals surface area contributed by atoms with Crippen molar-refractivity contribution in [2.24, 2.45) is 5.41 Å². The topological polar surface area (TPSA) is 180 Å². The Balaban J connectivity index is 1.87. The molecule has 2 atom stereocenters. The number of anilines is 1. The molecule has 0 aliphatic heterocycles. The lowest BCUT2D eigenvalue weighted by atomic mass is 9.85. The molecule has 0 aliphatic rings. The Morgan fingerprint density at radius 2 is 1.52 bits per heavy atom. The zero-order valence-electron chi connectivity index (χ0n) is 25.6. The van der Waals surface area contributed by atoms with Crippen molar-refractivity contribution in [3.63, 3.8) is 0 Å². The summed E-state index contributed by atoms with van der Waals surface area (Å²) >= 11 is 6.03. The number of amides is 4. The van der Waals surface area contributed by atoms with Crippen LogP contribution in [0.3, 0.4) is 0 Å². The molecule has 48 heavy (non-hydrogen) atoms. The van der Waals surface area contributed by atoms with Gasteiger partial charge in [-0.05, 0) is 29.2 Å². The molecule has 3 aromatic carbocycles. The third-order valence-electron chi connectivity index (χ3n) is 6.60. The third-order valence-corrected chi connectivity index (χ3v) is 6.93. The van der Waals surface area contributed by atoms with Gasteiger partial charge in [-0.25, -0.2) is 13.8 Å². The Kier molecular flexibility index (Phi) is 12.0. The summed E-state index contributed by atoms with van der Waals surface area (Å²) in [5.41, 5.74) is 7.24. The minimum atomic E-state index is -1.96. The smallest absolute Gasteiger partial charge is 0.325 e. The number of nitrogens with zero attached hydrogens (tertiary/aromatic N) is 1. The average Bonchev–Trinajstić information content (AvgIpc) is 3.01. The monoisotopic (exact) mass is 695 g/mol. The van der Waals surface area contributed by atoms with Gasteiger partial charge in [-0.2, -0.15) is 8.78 Å². The number of benzene rings is 3. The van der Waals surface area contributed by atoms with Gasteiger partial charge in [0.05, 0.1) is 10.7 Å². The van der Waals surface area contributed by atoms with E-state index in [-0.39, 0.29) is 32.9 Å². The van der Waals surface area contributed by atoms with Gasteiger partial charge >= 0.3 is 5.97 Å². The summed E-state index contributed by atoms with van der Waals surface area (Å²) in [5, 5.41) is 14.7. The fourth-order valence-electron chi connectivity index (χ4n) is 4.14. The number of carbonyl (C=O) groups excluding carboxylic acids is 4. The van der Waals surface area contributed by atoms with Crippen LogP contribution >= 0.6 is 11.6 Å². The molecule has 0 radical (unpaired) electrons. The fourth-order valence-corrected chi connectivity index (χ4v) is 4.32. The molecule has 0 bridgehead atoms. The van der Waals surface area contributed by atoms with Crippen LogP contribution in [-0.4, -0.2) is 58.9 Å². The third kappa shape index (κ3) is 9.34. The van der Waals surface area contributed by atoms with Gasteiger partial charge in [0, 0.05) is 11.6 Å². The molecule has 256 valence electrons. The Bertz CT molecular complexity index is 1700. The maximum Gasteiger partial charge on any atom is 0.325 e. The number of rotatable bonds is 11. The van der Waals surface area contributed by atoms with Crippen LogP contribution in [0.25, 0.3) is 0 Å². The molecule has 0 saturated heterocycles. The van der Waals surface area contributed by atoms with E-state index in [4.69, 9.17) is 17.3 Å². The van der Waals surface area contributed by atoms with Gasteiger partial charge < -0.3 is 26.2 Å². The molecule has 0 fully saturated rings. The van der Waals surface area contributed by atoms with Crippen molar-refractivity contribution < 1.29 is 51.4 Å². The van der Waals surface area contributed by atoms with E-state index in [0.717, 1.165) is 0 Å². The zero-order chi connectivity index (χ0) is 35.9. The van der Waals surface area contributed by atoms with Gasteiger partial charge in [0.1, 0.15) is 18.6 Å². The predicted octanol–water partition coefficient (Wildman–Crippen LogP) is 3.50. The average molecular weight is 696 g/mol. The largest absolute Gasteiger partial charge is 0.480 e. The maximum absolute atomic E-state index is 14.0. The molecule has 12 nitrogen and oxygen atoms in total. The number of nitrogens with one attached hydrogen (secondary N) is 3. The SMILES string of the molecule is CC(C)(C)[C@H](NC(=O)c1ccc(N)c(Cl)c1)C(=O)NC(C(=O)NN(CC(=O)O)C(=O)COc1c(F)c(F)cc(F)c1F)c1ccccc1. The molecule has 3 rings (SSSR count). The molecular weight excluding hydrogens is 666 g/mol. The Morgan fingerprint density at radius 3 is 2.06 bits per heavy atom. The molecule has 3 aromatic rings. The fraction of sp³-hybridized carbons (Fsp3) is 0.258. The summed E-state index contributed by atoms with van der Waals surface area (Å²) in [5.74, 6) is -14.9. The lowest BCUT2D eigenvalue weighted by Gasteiger charge is -2.32. The number of nitrogen functional groups attached to an aromatic ring is 1. The molecule has 6 N–H and O–H groups in total. The number of hydrazine groups is 1. The molecule has 1 unspecified atom stereocenters. The van der Waals surface area contributed by atoms with Gasteiger partial charge in [-0.1, -0.05) is 62.7 Å². The van der Waals surface area contributed by atoms with Crippen molar-refractivity contribution in [2.75, 3.05) is 18.9 Å². The lowest BCUT2D eigenvalue weighted by Crippen LogP contribution is -2.57. The van der Waals surface area contributed by atoms with E-state index in [2.05, 4.69) is 15.4 Å². The minimum Gasteiger partial charge on any atom is -0.480 e.